The smallest absolute Gasteiger partial charge is 0.0815 e. The highest BCUT2D eigenvalue weighted by atomic mass is 16.5. The molecule has 1 heterocycles. The molecule has 1 aliphatic heterocycles. The Morgan fingerprint density at radius 1 is 1.27 bits per heavy atom. The molecule has 0 amide bonds. The van der Waals surface area contributed by atoms with Gasteiger partial charge in [0.05, 0.1) is 11.7 Å². The average molecular weight is 215 g/mol. The van der Waals surface area contributed by atoms with Crippen molar-refractivity contribution in [3.8, 4) is 0 Å². The maximum Gasteiger partial charge on any atom is 0.0815 e. The van der Waals surface area contributed by atoms with Gasteiger partial charge in [-0.25, -0.2) is 0 Å². The van der Waals surface area contributed by atoms with E-state index in [0.29, 0.717) is 32.6 Å². The Bertz CT molecular complexity index is 204. The molecule has 1 saturated heterocycles. The Balaban J connectivity index is 1.76. The highest BCUT2D eigenvalue weighted by molar-refractivity contribution is 4.89. The lowest BCUT2D eigenvalue weighted by Crippen LogP contribution is -2.49. The summed E-state index contributed by atoms with van der Waals surface area (Å²) in [5.41, 5.74) is -0.624. The van der Waals surface area contributed by atoms with Crippen LogP contribution in [0.15, 0.2) is 0 Å². The zero-order chi connectivity index (χ0) is 10.7. The van der Waals surface area contributed by atoms with Crippen LogP contribution in [0, 0.1) is 0 Å². The number of hydrogen-bond donors (Lipinski definition) is 3. The molecule has 2 fully saturated rings. The molecule has 4 nitrogen and oxygen atoms in total. The number of ether oxygens (including phenoxy) is 1. The molecule has 1 saturated carbocycles. The van der Waals surface area contributed by atoms with E-state index in [4.69, 9.17) is 4.74 Å². The first-order valence-electron chi connectivity index (χ1n) is 5.91. The van der Waals surface area contributed by atoms with E-state index in [1.54, 1.807) is 0 Å². The van der Waals surface area contributed by atoms with Crippen LogP contribution in [0.25, 0.3) is 0 Å². The maximum absolute atomic E-state index is 10.2. The normalized spacial score (nSPS) is 35.6. The van der Waals surface area contributed by atoms with Crippen molar-refractivity contribution in [1.29, 1.82) is 0 Å². The standard InChI is InChI=1S/C11H21NO3/c13-10-3-1-2-9(10)12-8-11(14)4-6-15-7-5-11/h9-10,12-14H,1-8H2/t9-,10-/m1/s1. The molecule has 0 bridgehead atoms. The second-order valence-electron chi connectivity index (χ2n) is 4.82. The van der Waals surface area contributed by atoms with Crippen LogP contribution >= 0.6 is 0 Å². The minimum Gasteiger partial charge on any atom is -0.392 e. The molecule has 1 aliphatic carbocycles. The van der Waals surface area contributed by atoms with Crippen LogP contribution in [0.3, 0.4) is 0 Å². The van der Waals surface area contributed by atoms with Crippen molar-refractivity contribution in [3.63, 3.8) is 0 Å². The van der Waals surface area contributed by atoms with Gasteiger partial charge in [-0.05, 0) is 19.3 Å². The lowest BCUT2D eigenvalue weighted by atomic mass is 9.94. The Kier molecular flexibility index (Phi) is 3.61. The molecule has 2 atom stereocenters. The molecular formula is C11H21NO3. The SMILES string of the molecule is O[C@@H]1CCC[C@H]1NCC1(O)CCOCC1. The summed E-state index contributed by atoms with van der Waals surface area (Å²) in [7, 11) is 0. The van der Waals surface area contributed by atoms with Gasteiger partial charge in [-0.3, -0.25) is 0 Å². The van der Waals surface area contributed by atoms with E-state index in [9.17, 15) is 10.2 Å². The second-order valence-corrected chi connectivity index (χ2v) is 4.82. The third-order valence-corrected chi connectivity index (χ3v) is 3.60. The Morgan fingerprint density at radius 2 is 2.00 bits per heavy atom. The number of aliphatic hydroxyl groups is 2. The summed E-state index contributed by atoms with van der Waals surface area (Å²) in [5, 5.41) is 23.1. The lowest BCUT2D eigenvalue weighted by molar-refractivity contribution is -0.0640. The number of aliphatic hydroxyl groups excluding tert-OH is 1. The van der Waals surface area contributed by atoms with E-state index in [1.807, 2.05) is 0 Å². The fraction of sp³-hybridized carbons (Fsp3) is 1.00. The predicted molar refractivity (Wildman–Crippen MR) is 56.7 cm³/mol. The first-order chi connectivity index (χ1) is 7.20. The van der Waals surface area contributed by atoms with Crippen LogP contribution in [0.1, 0.15) is 32.1 Å². The first-order valence-corrected chi connectivity index (χ1v) is 5.91. The van der Waals surface area contributed by atoms with Gasteiger partial charge in [-0.15, -0.1) is 0 Å². The van der Waals surface area contributed by atoms with Crippen molar-refractivity contribution in [3.05, 3.63) is 0 Å². The molecule has 0 aromatic rings. The first kappa shape index (κ1) is 11.3. The minimum absolute atomic E-state index is 0.178. The molecule has 0 radical (unpaired) electrons. The summed E-state index contributed by atoms with van der Waals surface area (Å²) < 4.78 is 5.22. The van der Waals surface area contributed by atoms with E-state index in [-0.39, 0.29) is 12.1 Å². The van der Waals surface area contributed by atoms with Crippen LogP contribution in [0.4, 0.5) is 0 Å². The fourth-order valence-corrected chi connectivity index (χ4v) is 2.43. The quantitative estimate of drug-likeness (QED) is 0.621. The predicted octanol–water partition coefficient (Wildman–Crippen LogP) is 0.0309. The van der Waals surface area contributed by atoms with Crippen molar-refractivity contribution in [1.82, 2.24) is 5.32 Å². The largest absolute Gasteiger partial charge is 0.392 e. The van der Waals surface area contributed by atoms with E-state index in [0.717, 1.165) is 19.3 Å². The van der Waals surface area contributed by atoms with Gasteiger partial charge in [0.25, 0.3) is 0 Å². The number of nitrogens with one attached hydrogen (secondary N) is 1. The van der Waals surface area contributed by atoms with E-state index in [2.05, 4.69) is 5.32 Å². The van der Waals surface area contributed by atoms with Crippen molar-refractivity contribution in [2.45, 2.75) is 49.9 Å². The van der Waals surface area contributed by atoms with Gasteiger partial charge in [0.1, 0.15) is 0 Å². The van der Waals surface area contributed by atoms with Gasteiger partial charge in [-0.2, -0.15) is 0 Å². The summed E-state index contributed by atoms with van der Waals surface area (Å²) in [4.78, 5) is 0. The maximum atomic E-state index is 10.2. The van der Waals surface area contributed by atoms with Gasteiger partial charge < -0.3 is 20.3 Å². The summed E-state index contributed by atoms with van der Waals surface area (Å²) in [5.74, 6) is 0. The lowest BCUT2D eigenvalue weighted by Gasteiger charge is -2.33. The van der Waals surface area contributed by atoms with Crippen LogP contribution < -0.4 is 5.32 Å². The van der Waals surface area contributed by atoms with Crippen LogP contribution in [0.5, 0.6) is 0 Å². The van der Waals surface area contributed by atoms with Crippen molar-refractivity contribution in [2.24, 2.45) is 0 Å². The van der Waals surface area contributed by atoms with Crippen molar-refractivity contribution >= 4 is 0 Å². The van der Waals surface area contributed by atoms with E-state index < -0.39 is 5.60 Å². The fourth-order valence-electron chi connectivity index (χ4n) is 2.43. The minimum atomic E-state index is -0.624. The second kappa shape index (κ2) is 4.78. The van der Waals surface area contributed by atoms with Gasteiger partial charge in [-0.1, -0.05) is 0 Å². The zero-order valence-electron chi connectivity index (χ0n) is 9.11. The molecule has 2 rings (SSSR count). The van der Waals surface area contributed by atoms with Gasteiger partial charge in [0.2, 0.25) is 0 Å². The van der Waals surface area contributed by atoms with Gasteiger partial charge in [0.15, 0.2) is 0 Å². The summed E-state index contributed by atoms with van der Waals surface area (Å²) in [6.45, 7) is 1.87. The van der Waals surface area contributed by atoms with Crippen molar-refractivity contribution < 1.29 is 14.9 Å². The molecule has 0 unspecified atom stereocenters. The van der Waals surface area contributed by atoms with Crippen LogP contribution in [-0.2, 0) is 4.74 Å². The van der Waals surface area contributed by atoms with E-state index in [1.165, 1.54) is 0 Å². The van der Waals surface area contributed by atoms with Gasteiger partial charge in [0, 0.05) is 38.6 Å². The number of hydrogen-bond acceptors (Lipinski definition) is 4. The molecule has 0 spiro atoms. The van der Waals surface area contributed by atoms with Crippen LogP contribution in [-0.4, -0.2) is 47.7 Å². The Hall–Kier alpha value is -0.160. The Labute approximate surface area is 90.6 Å². The third-order valence-electron chi connectivity index (χ3n) is 3.60. The molecular weight excluding hydrogens is 194 g/mol. The molecule has 88 valence electrons. The molecule has 15 heavy (non-hydrogen) atoms. The molecule has 4 heteroatoms. The number of rotatable bonds is 3. The highest BCUT2D eigenvalue weighted by Gasteiger charge is 2.32. The summed E-state index contributed by atoms with van der Waals surface area (Å²) in [6, 6.07) is 0.178. The molecule has 2 aliphatic rings. The summed E-state index contributed by atoms with van der Waals surface area (Å²) >= 11 is 0. The van der Waals surface area contributed by atoms with Crippen molar-refractivity contribution in [2.75, 3.05) is 19.8 Å². The third kappa shape index (κ3) is 2.91. The molecule has 3 N–H and O–H groups in total. The van der Waals surface area contributed by atoms with Crippen LogP contribution in [0.2, 0.25) is 0 Å². The average Bonchev–Trinajstić information content (AvgIpc) is 2.62. The van der Waals surface area contributed by atoms with Gasteiger partial charge >= 0.3 is 0 Å². The molecule has 0 aromatic heterocycles. The monoisotopic (exact) mass is 215 g/mol. The topological polar surface area (TPSA) is 61.7 Å². The summed E-state index contributed by atoms with van der Waals surface area (Å²) in [6.07, 6.45) is 4.16. The zero-order valence-corrected chi connectivity index (χ0v) is 9.11. The Morgan fingerprint density at radius 3 is 2.60 bits per heavy atom. The highest BCUT2D eigenvalue weighted by Crippen LogP contribution is 2.22. The van der Waals surface area contributed by atoms with E-state index >= 15 is 0 Å². The molecule has 0 aromatic carbocycles.